The first-order chi connectivity index (χ1) is 6.24. The SMILES string of the molecule is CN(CCO)CC1COCCC1=O. The van der Waals surface area contributed by atoms with Crippen LogP contribution in [-0.4, -0.2) is 55.7 Å². The zero-order valence-corrected chi connectivity index (χ0v) is 8.03. The standard InChI is InChI=1S/C9H17NO3/c1-10(3-4-11)6-8-7-13-5-2-9(8)12/h8,11H,2-7H2,1H3. The number of ketones is 1. The minimum Gasteiger partial charge on any atom is -0.395 e. The second-order valence-electron chi connectivity index (χ2n) is 3.47. The normalized spacial score (nSPS) is 23.9. The summed E-state index contributed by atoms with van der Waals surface area (Å²) in [6.07, 6.45) is 0.539. The lowest BCUT2D eigenvalue weighted by molar-refractivity contribution is -0.131. The molecule has 1 heterocycles. The van der Waals surface area contributed by atoms with Crippen molar-refractivity contribution in [2.45, 2.75) is 6.42 Å². The summed E-state index contributed by atoms with van der Waals surface area (Å²) in [5.41, 5.74) is 0. The van der Waals surface area contributed by atoms with Crippen molar-refractivity contribution < 1.29 is 14.6 Å². The van der Waals surface area contributed by atoms with Crippen LogP contribution in [-0.2, 0) is 9.53 Å². The van der Waals surface area contributed by atoms with Crippen molar-refractivity contribution in [1.29, 1.82) is 0 Å². The smallest absolute Gasteiger partial charge is 0.141 e. The molecule has 0 bridgehead atoms. The lowest BCUT2D eigenvalue weighted by atomic mass is 10.0. The molecule has 0 aromatic heterocycles. The Morgan fingerprint density at radius 1 is 1.69 bits per heavy atom. The van der Waals surface area contributed by atoms with E-state index >= 15 is 0 Å². The summed E-state index contributed by atoms with van der Waals surface area (Å²) >= 11 is 0. The molecule has 0 amide bonds. The fraction of sp³-hybridized carbons (Fsp3) is 0.889. The Morgan fingerprint density at radius 3 is 3.08 bits per heavy atom. The van der Waals surface area contributed by atoms with Crippen LogP contribution >= 0.6 is 0 Å². The van der Waals surface area contributed by atoms with E-state index in [-0.39, 0.29) is 18.3 Å². The molecule has 13 heavy (non-hydrogen) atoms. The minimum atomic E-state index is 0.00491. The number of aliphatic hydroxyl groups is 1. The summed E-state index contributed by atoms with van der Waals surface area (Å²) in [6.45, 7) is 2.55. The second kappa shape index (κ2) is 5.32. The Balaban J connectivity index is 2.29. The van der Waals surface area contributed by atoms with Gasteiger partial charge in [0.2, 0.25) is 0 Å². The molecule has 4 heteroatoms. The summed E-state index contributed by atoms with van der Waals surface area (Å²) in [7, 11) is 1.90. The lowest BCUT2D eigenvalue weighted by Gasteiger charge is -2.25. The van der Waals surface area contributed by atoms with E-state index < -0.39 is 0 Å². The minimum absolute atomic E-state index is 0.00491. The highest BCUT2D eigenvalue weighted by atomic mass is 16.5. The van der Waals surface area contributed by atoms with E-state index in [1.165, 1.54) is 0 Å². The lowest BCUT2D eigenvalue weighted by Crippen LogP contribution is -2.37. The van der Waals surface area contributed by atoms with Crippen molar-refractivity contribution in [2.75, 3.05) is 40.0 Å². The molecule has 1 aliphatic rings. The zero-order valence-electron chi connectivity index (χ0n) is 8.03. The summed E-state index contributed by atoms with van der Waals surface area (Å²) in [5, 5.41) is 8.67. The molecule has 76 valence electrons. The van der Waals surface area contributed by atoms with Gasteiger partial charge < -0.3 is 14.7 Å². The van der Waals surface area contributed by atoms with Gasteiger partial charge in [0.25, 0.3) is 0 Å². The molecule has 0 radical (unpaired) electrons. The van der Waals surface area contributed by atoms with Gasteiger partial charge in [-0.25, -0.2) is 0 Å². The molecule has 1 aliphatic heterocycles. The van der Waals surface area contributed by atoms with E-state index in [1.807, 2.05) is 11.9 Å². The zero-order chi connectivity index (χ0) is 9.68. The topological polar surface area (TPSA) is 49.8 Å². The van der Waals surface area contributed by atoms with Crippen LogP contribution in [0.5, 0.6) is 0 Å². The molecule has 0 aliphatic carbocycles. The van der Waals surface area contributed by atoms with Crippen molar-refractivity contribution >= 4 is 5.78 Å². The number of rotatable bonds is 4. The number of nitrogens with zero attached hydrogens (tertiary/aromatic N) is 1. The molecule has 0 aromatic rings. The molecule has 1 saturated heterocycles. The van der Waals surface area contributed by atoms with Gasteiger partial charge in [-0.05, 0) is 7.05 Å². The van der Waals surface area contributed by atoms with Gasteiger partial charge in [-0.1, -0.05) is 0 Å². The molecule has 1 N–H and O–H groups in total. The number of aliphatic hydroxyl groups excluding tert-OH is 1. The highest BCUT2D eigenvalue weighted by molar-refractivity contribution is 5.81. The number of hydrogen-bond acceptors (Lipinski definition) is 4. The fourth-order valence-corrected chi connectivity index (χ4v) is 1.49. The molecular weight excluding hydrogens is 170 g/mol. The summed E-state index contributed by atoms with van der Waals surface area (Å²) in [4.78, 5) is 13.3. The van der Waals surface area contributed by atoms with Gasteiger partial charge in [0.1, 0.15) is 5.78 Å². The van der Waals surface area contributed by atoms with Gasteiger partial charge in [-0.15, -0.1) is 0 Å². The molecule has 0 spiro atoms. The van der Waals surface area contributed by atoms with E-state index in [0.717, 1.165) is 0 Å². The quantitative estimate of drug-likeness (QED) is 0.645. The maximum absolute atomic E-state index is 11.4. The van der Waals surface area contributed by atoms with Crippen LogP contribution in [0.15, 0.2) is 0 Å². The van der Waals surface area contributed by atoms with Gasteiger partial charge in [-0.3, -0.25) is 4.79 Å². The molecule has 0 saturated carbocycles. The Kier molecular flexibility index (Phi) is 4.35. The predicted molar refractivity (Wildman–Crippen MR) is 48.5 cm³/mol. The molecular formula is C9H17NO3. The third-order valence-electron chi connectivity index (χ3n) is 2.28. The number of Topliss-reactive ketones (excluding diaryl/α,β-unsaturated/α-hetero) is 1. The molecule has 1 rings (SSSR count). The predicted octanol–water partition coefficient (Wildman–Crippen LogP) is -0.484. The van der Waals surface area contributed by atoms with E-state index in [4.69, 9.17) is 9.84 Å². The van der Waals surface area contributed by atoms with Crippen molar-refractivity contribution in [3.8, 4) is 0 Å². The molecule has 1 fully saturated rings. The highest BCUT2D eigenvalue weighted by Gasteiger charge is 2.23. The van der Waals surface area contributed by atoms with Gasteiger partial charge in [0.05, 0.1) is 25.7 Å². The molecule has 4 nitrogen and oxygen atoms in total. The highest BCUT2D eigenvalue weighted by Crippen LogP contribution is 2.10. The van der Waals surface area contributed by atoms with Crippen LogP contribution < -0.4 is 0 Å². The van der Waals surface area contributed by atoms with Crippen LogP contribution in [0, 0.1) is 5.92 Å². The van der Waals surface area contributed by atoms with Gasteiger partial charge in [0.15, 0.2) is 0 Å². The number of ether oxygens (including phenoxy) is 1. The number of carbonyl (C=O) groups excluding carboxylic acids is 1. The third-order valence-corrected chi connectivity index (χ3v) is 2.28. The van der Waals surface area contributed by atoms with Crippen LogP contribution in [0.25, 0.3) is 0 Å². The maximum Gasteiger partial charge on any atom is 0.141 e. The summed E-state index contributed by atoms with van der Waals surface area (Å²) in [6, 6.07) is 0. The Morgan fingerprint density at radius 2 is 2.46 bits per heavy atom. The first kappa shape index (κ1) is 10.6. The molecule has 0 aromatic carbocycles. The van der Waals surface area contributed by atoms with Gasteiger partial charge in [0, 0.05) is 19.5 Å². The fourth-order valence-electron chi connectivity index (χ4n) is 1.49. The average molecular weight is 187 g/mol. The van der Waals surface area contributed by atoms with Crippen LogP contribution in [0.4, 0.5) is 0 Å². The number of carbonyl (C=O) groups is 1. The van der Waals surface area contributed by atoms with Crippen molar-refractivity contribution in [3.63, 3.8) is 0 Å². The first-order valence-corrected chi connectivity index (χ1v) is 4.64. The van der Waals surface area contributed by atoms with Gasteiger partial charge >= 0.3 is 0 Å². The van der Waals surface area contributed by atoms with E-state index in [1.54, 1.807) is 0 Å². The first-order valence-electron chi connectivity index (χ1n) is 4.64. The van der Waals surface area contributed by atoms with Crippen LogP contribution in [0.3, 0.4) is 0 Å². The van der Waals surface area contributed by atoms with E-state index in [2.05, 4.69) is 0 Å². The molecule has 1 atom stereocenters. The summed E-state index contributed by atoms with van der Waals surface area (Å²) < 4.78 is 5.22. The van der Waals surface area contributed by atoms with E-state index in [9.17, 15) is 4.79 Å². The van der Waals surface area contributed by atoms with Crippen molar-refractivity contribution in [2.24, 2.45) is 5.92 Å². The monoisotopic (exact) mass is 187 g/mol. The largest absolute Gasteiger partial charge is 0.395 e. The number of likely N-dealkylation sites (N-methyl/N-ethyl adjacent to an activating group) is 1. The van der Waals surface area contributed by atoms with E-state index in [0.29, 0.717) is 32.7 Å². The summed E-state index contributed by atoms with van der Waals surface area (Å²) in [5.74, 6) is 0.293. The van der Waals surface area contributed by atoms with Crippen LogP contribution in [0.1, 0.15) is 6.42 Å². The van der Waals surface area contributed by atoms with Crippen molar-refractivity contribution in [1.82, 2.24) is 4.90 Å². The van der Waals surface area contributed by atoms with Gasteiger partial charge in [-0.2, -0.15) is 0 Å². The second-order valence-corrected chi connectivity index (χ2v) is 3.47. The maximum atomic E-state index is 11.4. The Bertz CT molecular complexity index is 172. The van der Waals surface area contributed by atoms with Crippen molar-refractivity contribution in [3.05, 3.63) is 0 Å². The molecule has 1 unspecified atom stereocenters. The average Bonchev–Trinajstić information content (AvgIpc) is 2.09. The van der Waals surface area contributed by atoms with Crippen LogP contribution in [0.2, 0.25) is 0 Å². The number of hydrogen-bond donors (Lipinski definition) is 1. The Labute approximate surface area is 78.5 Å². The third kappa shape index (κ3) is 3.42. The Hall–Kier alpha value is -0.450.